The molecule has 4 nitrogen and oxygen atoms in total. The van der Waals surface area contributed by atoms with E-state index in [4.69, 9.17) is 4.74 Å². The van der Waals surface area contributed by atoms with Gasteiger partial charge in [0.25, 0.3) is 0 Å². The molecule has 2 saturated heterocycles. The van der Waals surface area contributed by atoms with Crippen molar-refractivity contribution in [2.24, 2.45) is 5.92 Å². The summed E-state index contributed by atoms with van der Waals surface area (Å²) in [7, 11) is 1.73. The third-order valence-electron chi connectivity index (χ3n) is 5.25. The summed E-state index contributed by atoms with van der Waals surface area (Å²) in [6, 6.07) is 0.518. The Morgan fingerprint density at radius 2 is 2.00 bits per heavy atom. The lowest BCUT2D eigenvalue weighted by molar-refractivity contribution is -0.139. The molecule has 19 heavy (non-hydrogen) atoms. The van der Waals surface area contributed by atoms with Gasteiger partial charge in [0.05, 0.1) is 12.1 Å². The standard InChI is InChI=1S/C15H26N2O2/c1-19-12-9-13(16-10-12)15(18)17-8-4-6-11-5-2-3-7-14(11)17/h11-14,16H,2-10H2,1H3/t11-,12?,13?,14-/m1/s1. The van der Waals surface area contributed by atoms with Gasteiger partial charge in [-0.25, -0.2) is 0 Å². The van der Waals surface area contributed by atoms with Crippen LogP contribution >= 0.6 is 0 Å². The highest BCUT2D eigenvalue weighted by Gasteiger charge is 2.39. The van der Waals surface area contributed by atoms with E-state index in [0.29, 0.717) is 11.9 Å². The molecule has 4 atom stereocenters. The van der Waals surface area contributed by atoms with Crippen LogP contribution in [0.2, 0.25) is 0 Å². The summed E-state index contributed by atoms with van der Waals surface area (Å²) in [6.07, 6.45) is 8.76. The summed E-state index contributed by atoms with van der Waals surface area (Å²) in [4.78, 5) is 14.9. The van der Waals surface area contributed by atoms with Crippen LogP contribution in [0.1, 0.15) is 44.9 Å². The molecule has 4 heteroatoms. The Morgan fingerprint density at radius 1 is 1.21 bits per heavy atom. The van der Waals surface area contributed by atoms with Gasteiger partial charge in [-0.05, 0) is 38.0 Å². The zero-order valence-electron chi connectivity index (χ0n) is 11.9. The Labute approximate surface area is 115 Å². The predicted octanol–water partition coefficient (Wildman–Crippen LogP) is 1.54. The molecule has 1 amide bonds. The molecule has 0 aromatic rings. The van der Waals surface area contributed by atoms with Gasteiger partial charge < -0.3 is 15.0 Å². The molecule has 0 bridgehead atoms. The molecule has 3 fully saturated rings. The summed E-state index contributed by atoms with van der Waals surface area (Å²) in [5, 5.41) is 3.33. The minimum absolute atomic E-state index is 0.00868. The molecule has 1 N–H and O–H groups in total. The highest BCUT2D eigenvalue weighted by Crippen LogP contribution is 2.35. The zero-order chi connectivity index (χ0) is 13.2. The molecular formula is C15H26N2O2. The third-order valence-corrected chi connectivity index (χ3v) is 5.25. The Balaban J connectivity index is 1.65. The van der Waals surface area contributed by atoms with Gasteiger partial charge in [-0.3, -0.25) is 4.79 Å². The summed E-state index contributed by atoms with van der Waals surface area (Å²) >= 11 is 0. The number of nitrogens with zero attached hydrogens (tertiary/aromatic N) is 1. The van der Waals surface area contributed by atoms with Crippen LogP contribution in [0.15, 0.2) is 0 Å². The van der Waals surface area contributed by atoms with Crippen molar-refractivity contribution >= 4 is 5.91 Å². The summed E-state index contributed by atoms with van der Waals surface area (Å²) < 4.78 is 5.35. The van der Waals surface area contributed by atoms with E-state index in [9.17, 15) is 4.79 Å². The van der Waals surface area contributed by atoms with E-state index in [2.05, 4.69) is 10.2 Å². The van der Waals surface area contributed by atoms with Gasteiger partial charge >= 0.3 is 0 Å². The van der Waals surface area contributed by atoms with Crippen molar-refractivity contribution in [1.29, 1.82) is 0 Å². The third kappa shape index (κ3) is 2.65. The molecule has 1 saturated carbocycles. The molecule has 3 aliphatic rings. The van der Waals surface area contributed by atoms with Crippen LogP contribution in [0, 0.1) is 5.92 Å². The average Bonchev–Trinajstić information content (AvgIpc) is 2.95. The number of fused-ring (bicyclic) bond motifs is 1. The van der Waals surface area contributed by atoms with E-state index in [-0.39, 0.29) is 12.1 Å². The van der Waals surface area contributed by atoms with Gasteiger partial charge in [-0.1, -0.05) is 12.8 Å². The molecular weight excluding hydrogens is 240 g/mol. The number of carbonyl (C=O) groups is 1. The number of piperidine rings is 1. The van der Waals surface area contributed by atoms with Crippen molar-refractivity contribution in [2.75, 3.05) is 20.2 Å². The monoisotopic (exact) mass is 266 g/mol. The number of methoxy groups -OCH3 is 1. The fourth-order valence-electron chi connectivity index (χ4n) is 4.17. The molecule has 1 aliphatic carbocycles. The van der Waals surface area contributed by atoms with Gasteiger partial charge in [0.15, 0.2) is 0 Å². The van der Waals surface area contributed by atoms with E-state index >= 15 is 0 Å². The van der Waals surface area contributed by atoms with Crippen LogP contribution in [0.5, 0.6) is 0 Å². The van der Waals surface area contributed by atoms with Crippen LogP contribution < -0.4 is 5.32 Å². The fraction of sp³-hybridized carbons (Fsp3) is 0.933. The summed E-state index contributed by atoms with van der Waals surface area (Å²) in [5.41, 5.74) is 0. The maximum atomic E-state index is 12.7. The van der Waals surface area contributed by atoms with Crippen LogP contribution in [-0.2, 0) is 9.53 Å². The summed E-state index contributed by atoms with van der Waals surface area (Å²) in [5.74, 6) is 1.10. The normalized spacial score (nSPS) is 39.1. The van der Waals surface area contributed by atoms with Gasteiger partial charge in [-0.2, -0.15) is 0 Å². The van der Waals surface area contributed by atoms with E-state index in [1.807, 2.05) is 0 Å². The second-order valence-electron chi connectivity index (χ2n) is 6.34. The number of ether oxygens (including phenoxy) is 1. The Morgan fingerprint density at radius 3 is 2.79 bits per heavy atom. The van der Waals surface area contributed by atoms with Crippen LogP contribution in [0.25, 0.3) is 0 Å². The molecule has 0 aromatic heterocycles. The molecule has 0 spiro atoms. The lowest BCUT2D eigenvalue weighted by Gasteiger charge is -2.45. The molecule has 3 rings (SSSR count). The number of hydrogen-bond acceptors (Lipinski definition) is 3. The molecule has 108 valence electrons. The number of amides is 1. The van der Waals surface area contributed by atoms with E-state index in [1.54, 1.807) is 7.11 Å². The minimum Gasteiger partial charge on any atom is -0.380 e. The first-order valence-corrected chi connectivity index (χ1v) is 7.86. The van der Waals surface area contributed by atoms with Crippen molar-refractivity contribution < 1.29 is 9.53 Å². The van der Waals surface area contributed by atoms with Crippen molar-refractivity contribution in [2.45, 2.75) is 63.1 Å². The first-order valence-electron chi connectivity index (χ1n) is 7.86. The minimum atomic E-state index is -0.00868. The highest BCUT2D eigenvalue weighted by molar-refractivity contribution is 5.82. The quantitative estimate of drug-likeness (QED) is 0.824. The van der Waals surface area contributed by atoms with E-state index in [1.165, 1.54) is 38.5 Å². The number of carbonyl (C=O) groups excluding carboxylic acids is 1. The van der Waals surface area contributed by atoms with Crippen molar-refractivity contribution in [3.63, 3.8) is 0 Å². The second-order valence-corrected chi connectivity index (χ2v) is 6.34. The number of likely N-dealkylation sites (tertiary alicyclic amines) is 1. The van der Waals surface area contributed by atoms with Crippen molar-refractivity contribution in [3.05, 3.63) is 0 Å². The maximum Gasteiger partial charge on any atom is 0.240 e. The Kier molecular flexibility index (Phi) is 4.08. The van der Waals surface area contributed by atoms with Crippen molar-refractivity contribution in [3.8, 4) is 0 Å². The van der Waals surface area contributed by atoms with E-state index < -0.39 is 0 Å². The summed E-state index contributed by atoms with van der Waals surface area (Å²) in [6.45, 7) is 1.78. The number of rotatable bonds is 2. The van der Waals surface area contributed by atoms with Crippen LogP contribution in [-0.4, -0.2) is 49.2 Å². The Bertz CT molecular complexity index is 332. The lowest BCUT2D eigenvalue weighted by Crippen LogP contribution is -2.54. The topological polar surface area (TPSA) is 41.6 Å². The van der Waals surface area contributed by atoms with Gasteiger partial charge in [0.2, 0.25) is 5.91 Å². The second kappa shape index (κ2) is 5.80. The molecule has 2 heterocycles. The fourth-order valence-corrected chi connectivity index (χ4v) is 4.17. The molecule has 0 radical (unpaired) electrons. The largest absolute Gasteiger partial charge is 0.380 e. The Hall–Kier alpha value is -0.610. The first-order chi connectivity index (χ1) is 9.29. The van der Waals surface area contributed by atoms with Gasteiger partial charge in [-0.15, -0.1) is 0 Å². The highest BCUT2D eigenvalue weighted by atomic mass is 16.5. The zero-order valence-corrected chi connectivity index (χ0v) is 11.9. The maximum absolute atomic E-state index is 12.7. The van der Waals surface area contributed by atoms with Crippen molar-refractivity contribution in [1.82, 2.24) is 10.2 Å². The first kappa shape index (κ1) is 13.4. The molecule has 2 aliphatic heterocycles. The predicted molar refractivity (Wildman–Crippen MR) is 73.9 cm³/mol. The number of hydrogen-bond donors (Lipinski definition) is 1. The SMILES string of the molecule is COC1CNC(C(=O)N2CCC[C@H]3CCCC[C@H]32)C1. The number of nitrogens with one attached hydrogen (secondary N) is 1. The van der Waals surface area contributed by atoms with Gasteiger partial charge in [0, 0.05) is 26.2 Å². The van der Waals surface area contributed by atoms with Crippen LogP contribution in [0.4, 0.5) is 0 Å². The molecule has 0 aromatic carbocycles. The smallest absolute Gasteiger partial charge is 0.240 e. The molecule has 2 unspecified atom stereocenters. The lowest BCUT2D eigenvalue weighted by atomic mass is 9.78. The van der Waals surface area contributed by atoms with E-state index in [0.717, 1.165) is 25.4 Å². The van der Waals surface area contributed by atoms with Crippen LogP contribution in [0.3, 0.4) is 0 Å². The average molecular weight is 266 g/mol. The van der Waals surface area contributed by atoms with Gasteiger partial charge in [0.1, 0.15) is 0 Å².